The van der Waals surface area contributed by atoms with Gasteiger partial charge in [0.25, 0.3) is 0 Å². The Hall–Kier alpha value is -1.26. The molecule has 4 nitrogen and oxygen atoms in total. The quantitative estimate of drug-likeness (QED) is 0.786. The number of carboxylic acids is 1. The van der Waals surface area contributed by atoms with Crippen LogP contribution in [0.3, 0.4) is 0 Å². The molecule has 1 heterocycles. The molecule has 0 bridgehead atoms. The summed E-state index contributed by atoms with van der Waals surface area (Å²) in [5.74, 6) is 0.0860. The molecule has 1 aromatic rings. The van der Waals surface area contributed by atoms with E-state index in [4.69, 9.17) is 9.84 Å². The van der Waals surface area contributed by atoms with Crippen molar-refractivity contribution in [2.24, 2.45) is 5.92 Å². The number of ether oxygens (including phenoxy) is 1. The summed E-state index contributed by atoms with van der Waals surface area (Å²) in [6, 6.07) is 9.83. The lowest BCUT2D eigenvalue weighted by atomic mass is 9.98. The van der Waals surface area contributed by atoms with Crippen LogP contribution < -0.4 is 4.74 Å². The molecule has 1 aromatic carbocycles. The molecule has 21 heavy (non-hydrogen) atoms. The number of carbonyl (C=O) groups is 1. The van der Waals surface area contributed by atoms with Crippen molar-refractivity contribution >= 4 is 18.4 Å². The number of benzene rings is 1. The summed E-state index contributed by atoms with van der Waals surface area (Å²) in [6.07, 6.45) is 3.88. The number of para-hydroxylation sites is 1. The Balaban J connectivity index is 0.00000220. The second-order valence-corrected chi connectivity index (χ2v) is 5.35. The second-order valence-electron chi connectivity index (χ2n) is 5.35. The first-order valence-corrected chi connectivity index (χ1v) is 7.39. The first-order chi connectivity index (χ1) is 9.75. The van der Waals surface area contributed by atoms with Gasteiger partial charge in [-0.05, 0) is 50.9 Å². The van der Waals surface area contributed by atoms with Crippen molar-refractivity contribution < 1.29 is 14.6 Å². The summed E-state index contributed by atoms with van der Waals surface area (Å²) in [4.78, 5) is 13.3. The Morgan fingerprint density at radius 1 is 1.29 bits per heavy atom. The van der Waals surface area contributed by atoms with E-state index in [2.05, 4.69) is 4.90 Å². The Kier molecular flexibility index (Phi) is 8.16. The van der Waals surface area contributed by atoms with E-state index in [9.17, 15) is 4.79 Å². The van der Waals surface area contributed by atoms with Gasteiger partial charge in [-0.1, -0.05) is 18.2 Å². The van der Waals surface area contributed by atoms with Gasteiger partial charge in [0.05, 0.1) is 12.5 Å². The zero-order valence-corrected chi connectivity index (χ0v) is 13.1. The number of carboxylic acid groups (broad SMARTS) is 1. The molecule has 1 saturated heterocycles. The molecule has 0 radical (unpaired) electrons. The zero-order chi connectivity index (χ0) is 14.2. The Bertz CT molecular complexity index is 413. The van der Waals surface area contributed by atoms with E-state index in [1.54, 1.807) is 0 Å². The lowest BCUT2D eigenvalue weighted by Crippen LogP contribution is -2.39. The highest BCUT2D eigenvalue weighted by Gasteiger charge is 2.24. The number of hydrogen-bond donors (Lipinski definition) is 1. The number of rotatable bonds is 7. The Labute approximate surface area is 132 Å². The summed E-state index contributed by atoms with van der Waals surface area (Å²) in [6.45, 7) is 3.43. The monoisotopic (exact) mass is 313 g/mol. The van der Waals surface area contributed by atoms with E-state index < -0.39 is 5.97 Å². The molecule has 0 aromatic heterocycles. The highest BCUT2D eigenvalue weighted by atomic mass is 35.5. The number of piperidine rings is 1. The molecule has 0 spiro atoms. The van der Waals surface area contributed by atoms with E-state index >= 15 is 0 Å². The lowest BCUT2D eigenvalue weighted by Gasteiger charge is -2.30. The standard InChI is InChI=1S/C16H23NO3.ClH/c18-16(19)14-7-6-11-17(13-14)10-4-5-12-20-15-8-2-1-3-9-15;/h1-3,8-9,14H,4-7,10-13H2,(H,18,19);1H/t14-;/m1./s1. The Morgan fingerprint density at radius 2 is 2.05 bits per heavy atom. The average molecular weight is 314 g/mol. The molecule has 0 unspecified atom stereocenters. The molecule has 2 rings (SSSR count). The van der Waals surface area contributed by atoms with Gasteiger partial charge in [0.2, 0.25) is 0 Å². The van der Waals surface area contributed by atoms with E-state index in [-0.39, 0.29) is 18.3 Å². The van der Waals surface area contributed by atoms with E-state index in [1.807, 2.05) is 30.3 Å². The minimum absolute atomic E-state index is 0. The summed E-state index contributed by atoms with van der Waals surface area (Å²) in [5.41, 5.74) is 0. The maximum Gasteiger partial charge on any atom is 0.307 e. The first-order valence-electron chi connectivity index (χ1n) is 7.39. The molecule has 1 aliphatic heterocycles. The fourth-order valence-corrected chi connectivity index (χ4v) is 2.60. The minimum Gasteiger partial charge on any atom is -0.494 e. The van der Waals surface area contributed by atoms with Gasteiger partial charge < -0.3 is 14.7 Å². The highest BCUT2D eigenvalue weighted by Crippen LogP contribution is 2.17. The van der Waals surface area contributed by atoms with Crippen LogP contribution in [0.4, 0.5) is 0 Å². The van der Waals surface area contributed by atoms with Crippen molar-refractivity contribution in [1.29, 1.82) is 0 Å². The third-order valence-corrected chi connectivity index (χ3v) is 3.74. The van der Waals surface area contributed by atoms with Gasteiger partial charge in [0, 0.05) is 6.54 Å². The van der Waals surface area contributed by atoms with Crippen LogP contribution in [0.5, 0.6) is 5.75 Å². The molecular weight excluding hydrogens is 290 g/mol. The molecule has 5 heteroatoms. The normalized spacial score (nSPS) is 18.8. The van der Waals surface area contributed by atoms with Gasteiger partial charge in [-0.25, -0.2) is 0 Å². The Morgan fingerprint density at radius 3 is 2.76 bits per heavy atom. The van der Waals surface area contributed by atoms with Gasteiger partial charge in [0.1, 0.15) is 5.75 Å². The highest BCUT2D eigenvalue weighted by molar-refractivity contribution is 5.85. The number of likely N-dealkylation sites (tertiary alicyclic amines) is 1. The van der Waals surface area contributed by atoms with Crippen LogP contribution in [0.1, 0.15) is 25.7 Å². The number of unbranched alkanes of at least 4 members (excludes halogenated alkanes) is 1. The molecule has 1 N–H and O–H groups in total. The van der Waals surface area contributed by atoms with Crippen LogP contribution in [0.2, 0.25) is 0 Å². The molecule has 0 aliphatic carbocycles. The number of halogens is 1. The smallest absolute Gasteiger partial charge is 0.307 e. The second kappa shape index (κ2) is 9.64. The van der Waals surface area contributed by atoms with E-state index in [0.29, 0.717) is 6.54 Å². The summed E-state index contributed by atoms with van der Waals surface area (Å²) < 4.78 is 5.64. The fourth-order valence-electron chi connectivity index (χ4n) is 2.60. The van der Waals surface area contributed by atoms with E-state index in [0.717, 1.165) is 51.1 Å². The molecule has 1 atom stereocenters. The van der Waals surface area contributed by atoms with Gasteiger partial charge in [-0.2, -0.15) is 0 Å². The molecular formula is C16H24ClNO3. The van der Waals surface area contributed by atoms with Crippen LogP contribution in [-0.4, -0.2) is 42.2 Å². The van der Waals surface area contributed by atoms with Crippen LogP contribution in [0, 0.1) is 5.92 Å². The van der Waals surface area contributed by atoms with Crippen LogP contribution >= 0.6 is 12.4 Å². The SMILES string of the molecule is Cl.O=C(O)[C@@H]1CCCN(CCCCOc2ccccc2)C1. The van der Waals surface area contributed by atoms with Crippen molar-refractivity contribution in [3.63, 3.8) is 0 Å². The van der Waals surface area contributed by atoms with Crippen LogP contribution in [0.15, 0.2) is 30.3 Å². The van der Waals surface area contributed by atoms with Crippen molar-refractivity contribution in [3.8, 4) is 5.75 Å². The largest absolute Gasteiger partial charge is 0.494 e. The molecule has 1 fully saturated rings. The third kappa shape index (κ3) is 6.36. The predicted octanol–water partition coefficient (Wildman–Crippen LogP) is 3.06. The summed E-state index contributed by atoms with van der Waals surface area (Å²) in [7, 11) is 0. The maximum atomic E-state index is 11.0. The van der Waals surface area contributed by atoms with Gasteiger partial charge in [-0.3, -0.25) is 4.79 Å². The van der Waals surface area contributed by atoms with Crippen molar-refractivity contribution in [2.45, 2.75) is 25.7 Å². The topological polar surface area (TPSA) is 49.8 Å². The predicted molar refractivity (Wildman–Crippen MR) is 85.2 cm³/mol. The zero-order valence-electron chi connectivity index (χ0n) is 12.2. The minimum atomic E-state index is -0.651. The summed E-state index contributed by atoms with van der Waals surface area (Å²) >= 11 is 0. The van der Waals surface area contributed by atoms with Crippen molar-refractivity contribution in [3.05, 3.63) is 30.3 Å². The summed E-state index contributed by atoms with van der Waals surface area (Å²) in [5, 5.41) is 9.05. The van der Waals surface area contributed by atoms with Gasteiger partial charge in [-0.15, -0.1) is 12.4 Å². The maximum absolute atomic E-state index is 11.0. The van der Waals surface area contributed by atoms with Gasteiger partial charge in [0.15, 0.2) is 0 Å². The van der Waals surface area contributed by atoms with Crippen molar-refractivity contribution in [1.82, 2.24) is 4.90 Å². The third-order valence-electron chi connectivity index (χ3n) is 3.74. The molecule has 0 amide bonds. The molecule has 1 aliphatic rings. The number of hydrogen-bond acceptors (Lipinski definition) is 3. The number of aliphatic carboxylic acids is 1. The molecule has 0 saturated carbocycles. The van der Waals surface area contributed by atoms with Gasteiger partial charge >= 0.3 is 5.97 Å². The first kappa shape index (κ1) is 17.8. The average Bonchev–Trinajstić information content (AvgIpc) is 2.48. The van der Waals surface area contributed by atoms with E-state index in [1.165, 1.54) is 0 Å². The fraction of sp³-hybridized carbons (Fsp3) is 0.562. The van der Waals surface area contributed by atoms with Crippen LogP contribution in [0.25, 0.3) is 0 Å². The van der Waals surface area contributed by atoms with Crippen molar-refractivity contribution in [2.75, 3.05) is 26.2 Å². The molecule has 118 valence electrons. The van der Waals surface area contributed by atoms with Crippen LogP contribution in [-0.2, 0) is 4.79 Å². The lowest BCUT2D eigenvalue weighted by molar-refractivity contribution is -0.143. The number of nitrogens with zero attached hydrogens (tertiary/aromatic N) is 1.